The number of hydrogen-bond acceptors (Lipinski definition) is 2. The number of hydrogen-bond donors (Lipinski definition) is 0. The second kappa shape index (κ2) is 8.61. The van der Waals surface area contributed by atoms with Gasteiger partial charge in [-0.15, -0.1) is 0 Å². The van der Waals surface area contributed by atoms with Crippen LogP contribution in [0.5, 0.6) is 0 Å². The van der Waals surface area contributed by atoms with Gasteiger partial charge >= 0.3 is 0 Å². The molecule has 0 fully saturated rings. The van der Waals surface area contributed by atoms with Gasteiger partial charge in [0.05, 0.1) is 19.8 Å². The molecule has 0 aliphatic rings. The van der Waals surface area contributed by atoms with Crippen LogP contribution in [0.15, 0.2) is 22.7 Å². The van der Waals surface area contributed by atoms with Crippen LogP contribution in [-0.4, -0.2) is 19.8 Å². The first-order valence-corrected chi connectivity index (χ1v) is 6.62. The first kappa shape index (κ1) is 14.6. The highest BCUT2D eigenvalue weighted by molar-refractivity contribution is 9.10. The van der Waals surface area contributed by atoms with Gasteiger partial charge in [-0.3, -0.25) is 0 Å². The quantitative estimate of drug-likeness (QED) is 0.678. The molecule has 0 aliphatic heterocycles. The van der Waals surface area contributed by atoms with Crippen molar-refractivity contribution in [2.75, 3.05) is 19.8 Å². The molecule has 0 saturated carbocycles. The van der Waals surface area contributed by atoms with Gasteiger partial charge in [0.15, 0.2) is 0 Å². The maximum Gasteiger partial charge on any atom is 0.129 e. The summed E-state index contributed by atoms with van der Waals surface area (Å²) in [4.78, 5) is 0. The maximum absolute atomic E-state index is 13.4. The number of rotatable bonds is 8. The molecule has 0 saturated heterocycles. The van der Waals surface area contributed by atoms with Crippen molar-refractivity contribution in [3.63, 3.8) is 0 Å². The van der Waals surface area contributed by atoms with E-state index >= 15 is 0 Å². The number of halogens is 2. The molecule has 1 aromatic carbocycles. The van der Waals surface area contributed by atoms with Crippen LogP contribution in [-0.2, 0) is 16.1 Å². The van der Waals surface area contributed by atoms with E-state index in [0.717, 1.165) is 23.9 Å². The topological polar surface area (TPSA) is 18.5 Å². The summed E-state index contributed by atoms with van der Waals surface area (Å²) >= 11 is 3.21. The first-order valence-electron chi connectivity index (χ1n) is 5.83. The molecular formula is C13H18BrFO2. The Morgan fingerprint density at radius 3 is 2.65 bits per heavy atom. The van der Waals surface area contributed by atoms with E-state index in [1.54, 1.807) is 12.1 Å². The Morgan fingerprint density at radius 1 is 1.18 bits per heavy atom. The van der Waals surface area contributed by atoms with E-state index in [1.165, 1.54) is 6.07 Å². The van der Waals surface area contributed by atoms with Gasteiger partial charge in [-0.1, -0.05) is 35.3 Å². The minimum atomic E-state index is -0.244. The van der Waals surface area contributed by atoms with Crippen molar-refractivity contribution in [3.8, 4) is 0 Å². The Bertz CT molecular complexity index is 331. The van der Waals surface area contributed by atoms with E-state index in [4.69, 9.17) is 9.47 Å². The van der Waals surface area contributed by atoms with Crippen molar-refractivity contribution in [2.24, 2.45) is 0 Å². The zero-order valence-corrected chi connectivity index (χ0v) is 11.6. The van der Waals surface area contributed by atoms with Gasteiger partial charge in [0.25, 0.3) is 0 Å². The van der Waals surface area contributed by atoms with Crippen LogP contribution >= 0.6 is 15.9 Å². The van der Waals surface area contributed by atoms with Crippen molar-refractivity contribution in [3.05, 3.63) is 34.1 Å². The van der Waals surface area contributed by atoms with Crippen LogP contribution in [0.25, 0.3) is 0 Å². The van der Waals surface area contributed by atoms with Crippen molar-refractivity contribution in [2.45, 2.75) is 26.4 Å². The van der Waals surface area contributed by atoms with Gasteiger partial charge < -0.3 is 9.47 Å². The molecule has 0 spiro atoms. The van der Waals surface area contributed by atoms with Gasteiger partial charge in [-0.25, -0.2) is 4.39 Å². The second-order valence-corrected chi connectivity index (χ2v) is 4.67. The fourth-order valence-corrected chi connectivity index (χ4v) is 1.62. The lowest BCUT2D eigenvalue weighted by Crippen LogP contribution is -2.06. The molecule has 0 unspecified atom stereocenters. The fraction of sp³-hybridized carbons (Fsp3) is 0.538. The third-order valence-corrected chi connectivity index (χ3v) is 2.78. The van der Waals surface area contributed by atoms with E-state index in [9.17, 15) is 4.39 Å². The standard InChI is InChI=1S/C13H18BrFO2/c1-2-3-6-16-7-8-17-10-11-4-5-12(14)9-13(11)15/h4-5,9H,2-3,6-8,10H2,1H3. The maximum atomic E-state index is 13.4. The lowest BCUT2D eigenvalue weighted by molar-refractivity contribution is 0.0388. The summed E-state index contributed by atoms with van der Waals surface area (Å²) in [6.45, 7) is 4.25. The molecule has 0 atom stereocenters. The van der Waals surface area contributed by atoms with Crippen LogP contribution in [0.1, 0.15) is 25.3 Å². The Labute approximate surface area is 110 Å². The minimum absolute atomic E-state index is 0.244. The van der Waals surface area contributed by atoms with E-state index in [-0.39, 0.29) is 12.4 Å². The van der Waals surface area contributed by atoms with E-state index in [0.29, 0.717) is 18.8 Å². The van der Waals surface area contributed by atoms with Gasteiger partial charge in [0.1, 0.15) is 5.82 Å². The predicted molar refractivity (Wildman–Crippen MR) is 69.5 cm³/mol. The Balaban J connectivity index is 2.14. The van der Waals surface area contributed by atoms with Crippen LogP contribution < -0.4 is 0 Å². The molecule has 0 N–H and O–H groups in total. The highest BCUT2D eigenvalue weighted by Gasteiger charge is 2.02. The number of ether oxygens (including phenoxy) is 2. The predicted octanol–water partition coefficient (Wildman–Crippen LogP) is 3.92. The molecule has 4 heteroatoms. The SMILES string of the molecule is CCCCOCCOCc1ccc(Br)cc1F. The molecule has 2 nitrogen and oxygen atoms in total. The number of benzene rings is 1. The van der Waals surface area contributed by atoms with Crippen LogP contribution in [0.3, 0.4) is 0 Å². The normalized spacial score (nSPS) is 10.8. The summed E-state index contributed by atoms with van der Waals surface area (Å²) in [6.07, 6.45) is 2.20. The average molecular weight is 305 g/mol. The highest BCUT2D eigenvalue weighted by Crippen LogP contribution is 2.15. The molecule has 17 heavy (non-hydrogen) atoms. The molecule has 1 rings (SSSR count). The molecule has 0 amide bonds. The molecule has 1 aromatic rings. The smallest absolute Gasteiger partial charge is 0.129 e. The molecule has 96 valence electrons. The van der Waals surface area contributed by atoms with Crippen LogP contribution in [0.2, 0.25) is 0 Å². The summed E-state index contributed by atoms with van der Waals surface area (Å²) in [5.41, 5.74) is 0.571. The summed E-state index contributed by atoms with van der Waals surface area (Å²) < 4.78 is 24.8. The lowest BCUT2D eigenvalue weighted by atomic mass is 10.2. The molecule has 0 heterocycles. The van der Waals surface area contributed by atoms with E-state index in [1.807, 2.05) is 0 Å². The van der Waals surface area contributed by atoms with Crippen molar-refractivity contribution >= 4 is 15.9 Å². The van der Waals surface area contributed by atoms with E-state index in [2.05, 4.69) is 22.9 Å². The lowest BCUT2D eigenvalue weighted by Gasteiger charge is -2.06. The van der Waals surface area contributed by atoms with Crippen molar-refractivity contribution in [1.82, 2.24) is 0 Å². The summed E-state index contributed by atoms with van der Waals surface area (Å²) in [5, 5.41) is 0. The molecular weight excluding hydrogens is 287 g/mol. The van der Waals surface area contributed by atoms with Crippen molar-refractivity contribution in [1.29, 1.82) is 0 Å². The van der Waals surface area contributed by atoms with Gasteiger partial charge in [-0.05, 0) is 18.6 Å². The zero-order valence-electron chi connectivity index (χ0n) is 10.0. The Morgan fingerprint density at radius 2 is 1.94 bits per heavy atom. The van der Waals surface area contributed by atoms with E-state index < -0.39 is 0 Å². The second-order valence-electron chi connectivity index (χ2n) is 3.75. The monoisotopic (exact) mass is 304 g/mol. The van der Waals surface area contributed by atoms with Gasteiger partial charge in [0, 0.05) is 16.6 Å². The van der Waals surface area contributed by atoms with Crippen LogP contribution in [0.4, 0.5) is 4.39 Å². The molecule has 0 aliphatic carbocycles. The van der Waals surface area contributed by atoms with Crippen LogP contribution in [0, 0.1) is 5.82 Å². The first-order chi connectivity index (χ1) is 8.24. The van der Waals surface area contributed by atoms with Gasteiger partial charge in [0.2, 0.25) is 0 Å². The van der Waals surface area contributed by atoms with Crippen molar-refractivity contribution < 1.29 is 13.9 Å². The molecule has 0 bridgehead atoms. The highest BCUT2D eigenvalue weighted by atomic mass is 79.9. The summed E-state index contributed by atoms with van der Waals surface area (Å²) in [7, 11) is 0. The van der Waals surface area contributed by atoms with Gasteiger partial charge in [-0.2, -0.15) is 0 Å². The number of unbranched alkanes of at least 4 members (excludes halogenated alkanes) is 1. The fourth-order valence-electron chi connectivity index (χ4n) is 1.29. The Hall–Kier alpha value is -0.450. The summed E-state index contributed by atoms with van der Waals surface area (Å²) in [5.74, 6) is -0.244. The summed E-state index contributed by atoms with van der Waals surface area (Å²) in [6, 6.07) is 4.97. The Kier molecular flexibility index (Phi) is 7.40. The third kappa shape index (κ3) is 6.15. The zero-order chi connectivity index (χ0) is 12.5. The molecule has 0 radical (unpaired) electrons. The third-order valence-electron chi connectivity index (χ3n) is 2.29. The minimum Gasteiger partial charge on any atom is -0.379 e. The average Bonchev–Trinajstić information content (AvgIpc) is 2.30. The molecule has 0 aromatic heterocycles. The largest absolute Gasteiger partial charge is 0.379 e.